The molecular weight excluding hydrogens is 304 g/mol. The van der Waals surface area contributed by atoms with Crippen molar-refractivity contribution in [2.45, 2.75) is 32.7 Å². The Morgan fingerprint density at radius 1 is 1.14 bits per heavy atom. The van der Waals surface area contributed by atoms with E-state index < -0.39 is 10.2 Å². The Kier molecular flexibility index (Phi) is 5.81. The maximum absolute atomic E-state index is 12.5. The van der Waals surface area contributed by atoms with Gasteiger partial charge in [-0.2, -0.15) is 17.4 Å². The first-order valence-corrected chi connectivity index (χ1v) is 9.48. The quantitative estimate of drug-likeness (QED) is 0.768. The van der Waals surface area contributed by atoms with Gasteiger partial charge in [0.05, 0.1) is 0 Å². The van der Waals surface area contributed by atoms with Crippen molar-refractivity contribution in [2.24, 2.45) is 5.92 Å². The molecule has 0 aromatic heterocycles. The van der Waals surface area contributed by atoms with Gasteiger partial charge in [0.25, 0.3) is 10.2 Å². The van der Waals surface area contributed by atoms with Crippen LogP contribution >= 0.6 is 0 Å². The number of likely N-dealkylation sites (tertiary alicyclic amines) is 1. The highest BCUT2D eigenvalue weighted by Crippen LogP contribution is 2.15. The number of nitrogens with one attached hydrogen (secondary N) is 1. The minimum Gasteiger partial charge on any atom is -0.341 e. The van der Waals surface area contributed by atoms with Gasteiger partial charge in [0.1, 0.15) is 0 Å². The predicted molar refractivity (Wildman–Crippen MR) is 85.6 cm³/mol. The average molecular weight is 332 g/mol. The monoisotopic (exact) mass is 332 g/mol. The normalized spacial score (nSPS) is 25.6. The topological polar surface area (TPSA) is 73.0 Å². The highest BCUT2D eigenvalue weighted by molar-refractivity contribution is 7.87. The maximum atomic E-state index is 12.5. The molecule has 2 saturated heterocycles. The molecule has 0 spiro atoms. The highest BCUT2D eigenvalue weighted by atomic mass is 32.2. The maximum Gasteiger partial charge on any atom is 0.279 e. The third-order valence-electron chi connectivity index (χ3n) is 4.34. The lowest BCUT2D eigenvalue weighted by Gasteiger charge is -2.36. The first-order chi connectivity index (χ1) is 10.3. The number of piperazine rings is 1. The molecule has 0 saturated carbocycles. The molecule has 2 heterocycles. The number of carbonyl (C=O) groups excluding carboxylic acids is 1. The summed E-state index contributed by atoms with van der Waals surface area (Å²) in [5.41, 5.74) is 0. The minimum atomic E-state index is -3.46. The lowest BCUT2D eigenvalue weighted by atomic mass is 10.0. The second-order valence-corrected chi connectivity index (χ2v) is 8.31. The summed E-state index contributed by atoms with van der Waals surface area (Å²) < 4.78 is 29.2. The highest BCUT2D eigenvalue weighted by Gasteiger charge is 2.31. The first-order valence-electron chi connectivity index (χ1n) is 8.04. The third-order valence-corrected chi connectivity index (χ3v) is 6.02. The van der Waals surface area contributed by atoms with Crippen LogP contribution in [0.2, 0.25) is 0 Å². The smallest absolute Gasteiger partial charge is 0.279 e. The molecule has 2 fully saturated rings. The van der Waals surface area contributed by atoms with Gasteiger partial charge in [-0.05, 0) is 19.9 Å². The van der Waals surface area contributed by atoms with E-state index in [2.05, 4.69) is 9.62 Å². The van der Waals surface area contributed by atoms with E-state index in [0.717, 1.165) is 32.5 Å². The zero-order valence-electron chi connectivity index (χ0n) is 13.8. The zero-order chi connectivity index (χ0) is 16.3. The van der Waals surface area contributed by atoms with Crippen LogP contribution in [0.15, 0.2) is 0 Å². The van der Waals surface area contributed by atoms with Crippen molar-refractivity contribution in [3.05, 3.63) is 0 Å². The summed E-state index contributed by atoms with van der Waals surface area (Å²) in [7, 11) is -1.46. The van der Waals surface area contributed by atoms with E-state index in [1.165, 1.54) is 4.31 Å². The molecule has 0 aliphatic carbocycles. The fourth-order valence-electron chi connectivity index (χ4n) is 2.95. The van der Waals surface area contributed by atoms with Crippen LogP contribution in [0.3, 0.4) is 0 Å². The molecule has 1 unspecified atom stereocenters. The van der Waals surface area contributed by atoms with Gasteiger partial charge in [-0.15, -0.1) is 0 Å². The average Bonchev–Trinajstić information content (AvgIpc) is 2.46. The Labute approximate surface area is 133 Å². The molecule has 8 heteroatoms. The lowest BCUT2D eigenvalue weighted by Crippen LogP contribution is -2.56. The van der Waals surface area contributed by atoms with E-state index in [9.17, 15) is 13.2 Å². The Bertz CT molecular complexity index is 486. The van der Waals surface area contributed by atoms with Gasteiger partial charge in [-0.25, -0.2) is 0 Å². The number of amides is 1. The molecule has 0 aromatic carbocycles. The number of piperidine rings is 1. The van der Waals surface area contributed by atoms with E-state index >= 15 is 0 Å². The van der Waals surface area contributed by atoms with Crippen molar-refractivity contribution < 1.29 is 13.2 Å². The zero-order valence-corrected chi connectivity index (χ0v) is 14.6. The summed E-state index contributed by atoms with van der Waals surface area (Å²) in [5.74, 6) is 0.0523. The summed E-state index contributed by atoms with van der Waals surface area (Å²) >= 11 is 0. The number of hydrogen-bond donors (Lipinski definition) is 1. The number of hydrogen-bond acceptors (Lipinski definition) is 4. The molecule has 0 aromatic rings. The molecule has 2 aliphatic heterocycles. The molecule has 2 aliphatic rings. The summed E-state index contributed by atoms with van der Waals surface area (Å²) in [5, 5.41) is 0. The molecule has 7 nitrogen and oxygen atoms in total. The molecule has 1 amide bonds. The summed E-state index contributed by atoms with van der Waals surface area (Å²) in [6, 6.07) is -0.180. The molecule has 1 atom stereocenters. The van der Waals surface area contributed by atoms with E-state index in [1.807, 2.05) is 20.9 Å². The van der Waals surface area contributed by atoms with Crippen LogP contribution in [-0.2, 0) is 15.0 Å². The first kappa shape index (κ1) is 17.7. The molecule has 2 rings (SSSR count). The Morgan fingerprint density at radius 2 is 1.77 bits per heavy atom. The van der Waals surface area contributed by atoms with Crippen molar-refractivity contribution in [3.8, 4) is 0 Å². The fourth-order valence-corrected chi connectivity index (χ4v) is 4.36. The summed E-state index contributed by atoms with van der Waals surface area (Å²) in [6.07, 6.45) is 1.63. The molecule has 0 radical (unpaired) electrons. The molecule has 1 N–H and O–H groups in total. The van der Waals surface area contributed by atoms with Gasteiger partial charge in [0, 0.05) is 51.2 Å². The minimum absolute atomic E-state index is 0.0482. The Balaban J connectivity index is 1.93. The SMILES string of the molecule is CC(C)C(=O)N1CCCC(NS(=O)(=O)N2CCN(C)CC2)C1. The standard InChI is InChI=1S/C14H28N4O3S/c1-12(2)14(19)17-6-4-5-13(11-17)15-22(20,21)18-9-7-16(3)8-10-18/h12-13,15H,4-11H2,1-3H3. The van der Waals surface area contributed by atoms with Crippen LogP contribution in [0.5, 0.6) is 0 Å². The van der Waals surface area contributed by atoms with Crippen LogP contribution in [0.4, 0.5) is 0 Å². The fraction of sp³-hybridized carbons (Fsp3) is 0.929. The van der Waals surface area contributed by atoms with Crippen LogP contribution in [0.25, 0.3) is 0 Å². The molecule has 0 bridgehead atoms. The summed E-state index contributed by atoms with van der Waals surface area (Å²) in [6.45, 7) is 7.50. The van der Waals surface area contributed by atoms with E-state index in [4.69, 9.17) is 0 Å². The van der Waals surface area contributed by atoms with Gasteiger partial charge >= 0.3 is 0 Å². The number of carbonyl (C=O) groups is 1. The van der Waals surface area contributed by atoms with E-state index in [-0.39, 0.29) is 17.9 Å². The van der Waals surface area contributed by atoms with Gasteiger partial charge in [-0.3, -0.25) is 4.79 Å². The molecular formula is C14H28N4O3S. The van der Waals surface area contributed by atoms with Gasteiger partial charge in [0.15, 0.2) is 0 Å². The number of rotatable bonds is 4. The van der Waals surface area contributed by atoms with Gasteiger partial charge in [0.2, 0.25) is 5.91 Å². The third kappa shape index (κ3) is 4.41. The van der Waals surface area contributed by atoms with E-state index in [1.54, 1.807) is 4.90 Å². The lowest BCUT2D eigenvalue weighted by molar-refractivity contribution is -0.135. The van der Waals surface area contributed by atoms with Crippen LogP contribution in [0, 0.1) is 5.92 Å². The van der Waals surface area contributed by atoms with Crippen molar-refractivity contribution in [1.82, 2.24) is 18.8 Å². The van der Waals surface area contributed by atoms with Crippen molar-refractivity contribution in [3.63, 3.8) is 0 Å². The summed E-state index contributed by atoms with van der Waals surface area (Å²) in [4.78, 5) is 16.0. The Morgan fingerprint density at radius 3 is 2.36 bits per heavy atom. The van der Waals surface area contributed by atoms with E-state index in [0.29, 0.717) is 19.6 Å². The number of likely N-dealkylation sites (N-methyl/N-ethyl adjacent to an activating group) is 1. The van der Waals surface area contributed by atoms with Crippen LogP contribution in [0.1, 0.15) is 26.7 Å². The molecule has 128 valence electrons. The van der Waals surface area contributed by atoms with Crippen LogP contribution in [-0.4, -0.2) is 80.8 Å². The number of nitrogens with zero attached hydrogens (tertiary/aromatic N) is 3. The van der Waals surface area contributed by atoms with Gasteiger partial charge in [-0.1, -0.05) is 13.8 Å². The van der Waals surface area contributed by atoms with Crippen LogP contribution < -0.4 is 4.72 Å². The van der Waals surface area contributed by atoms with Crippen molar-refractivity contribution >= 4 is 16.1 Å². The van der Waals surface area contributed by atoms with Crippen molar-refractivity contribution in [2.75, 3.05) is 46.3 Å². The second kappa shape index (κ2) is 7.25. The second-order valence-electron chi connectivity index (χ2n) is 6.60. The van der Waals surface area contributed by atoms with Gasteiger partial charge < -0.3 is 9.80 Å². The predicted octanol–water partition coefficient (Wildman–Crippen LogP) is -0.285. The largest absolute Gasteiger partial charge is 0.341 e. The molecule has 22 heavy (non-hydrogen) atoms. The van der Waals surface area contributed by atoms with Crippen molar-refractivity contribution in [1.29, 1.82) is 0 Å². The Hall–Kier alpha value is -0.700.